The quantitative estimate of drug-likeness (QED) is 0.489. The number of fused-ring (bicyclic) bond motifs is 1. The molecule has 0 bridgehead atoms. The van der Waals surface area contributed by atoms with Gasteiger partial charge in [0.15, 0.2) is 11.0 Å². The third kappa shape index (κ3) is 2.99. The van der Waals surface area contributed by atoms with Gasteiger partial charge in [-0.15, -0.1) is 10.2 Å². The zero-order chi connectivity index (χ0) is 19.1. The van der Waals surface area contributed by atoms with Crippen molar-refractivity contribution >= 4 is 29.0 Å². The van der Waals surface area contributed by atoms with Crippen molar-refractivity contribution in [3.8, 4) is 0 Å². The van der Waals surface area contributed by atoms with Gasteiger partial charge < -0.3 is 9.80 Å². The van der Waals surface area contributed by atoms with Crippen LogP contribution in [0.3, 0.4) is 0 Å². The van der Waals surface area contributed by atoms with Crippen molar-refractivity contribution in [1.29, 1.82) is 0 Å². The summed E-state index contributed by atoms with van der Waals surface area (Å²) in [4.78, 5) is 18.3. The first-order valence-corrected chi connectivity index (χ1v) is 10.3. The first-order chi connectivity index (χ1) is 13.0. The summed E-state index contributed by atoms with van der Waals surface area (Å²) in [5.74, 6) is 2.87. The SMILES string of the molecule is CCc1nnc2c(N3CC(N(C)c4nc(SC)nc(C)c4C)C3)nccn12. The molecule has 0 spiro atoms. The summed E-state index contributed by atoms with van der Waals surface area (Å²) < 4.78 is 2.03. The van der Waals surface area contributed by atoms with Gasteiger partial charge >= 0.3 is 0 Å². The molecular formula is C18H24N8S. The molecule has 0 aliphatic carbocycles. The van der Waals surface area contributed by atoms with Crippen molar-refractivity contribution in [3.63, 3.8) is 0 Å². The number of anilines is 2. The van der Waals surface area contributed by atoms with Crippen LogP contribution in [0.5, 0.6) is 0 Å². The molecule has 0 saturated carbocycles. The predicted octanol–water partition coefficient (Wildman–Crippen LogP) is 2.14. The molecule has 0 N–H and O–H groups in total. The number of hydrogen-bond donors (Lipinski definition) is 0. The Kier molecular flexibility index (Phi) is 4.63. The molecule has 1 aliphatic rings. The van der Waals surface area contributed by atoms with E-state index in [4.69, 9.17) is 4.98 Å². The second-order valence-electron chi connectivity index (χ2n) is 6.83. The van der Waals surface area contributed by atoms with Gasteiger partial charge in [-0.05, 0) is 20.1 Å². The molecule has 0 amide bonds. The molecule has 4 heterocycles. The minimum Gasteiger partial charge on any atom is -0.353 e. The van der Waals surface area contributed by atoms with Gasteiger partial charge in [-0.1, -0.05) is 18.7 Å². The molecule has 0 radical (unpaired) electrons. The van der Waals surface area contributed by atoms with E-state index in [2.05, 4.69) is 50.9 Å². The lowest BCUT2D eigenvalue weighted by Gasteiger charge is -2.45. The molecule has 1 aliphatic heterocycles. The van der Waals surface area contributed by atoms with Gasteiger partial charge in [-0.2, -0.15) is 0 Å². The highest BCUT2D eigenvalue weighted by atomic mass is 32.2. The van der Waals surface area contributed by atoms with Gasteiger partial charge in [-0.3, -0.25) is 4.40 Å². The van der Waals surface area contributed by atoms with Crippen molar-refractivity contribution in [2.24, 2.45) is 0 Å². The van der Waals surface area contributed by atoms with Crippen molar-refractivity contribution in [3.05, 3.63) is 29.5 Å². The van der Waals surface area contributed by atoms with Crippen LogP contribution in [0.1, 0.15) is 24.0 Å². The largest absolute Gasteiger partial charge is 0.353 e. The fourth-order valence-corrected chi connectivity index (χ4v) is 3.80. The van der Waals surface area contributed by atoms with Crippen LogP contribution < -0.4 is 9.80 Å². The van der Waals surface area contributed by atoms with Crippen LogP contribution in [0.4, 0.5) is 11.6 Å². The van der Waals surface area contributed by atoms with Crippen LogP contribution in [0, 0.1) is 13.8 Å². The molecule has 1 fully saturated rings. The number of nitrogens with zero attached hydrogens (tertiary/aromatic N) is 8. The van der Waals surface area contributed by atoms with Crippen LogP contribution in [-0.4, -0.2) is 62.0 Å². The molecule has 0 unspecified atom stereocenters. The maximum atomic E-state index is 4.73. The van der Waals surface area contributed by atoms with Crippen LogP contribution in [0.15, 0.2) is 17.6 Å². The summed E-state index contributed by atoms with van der Waals surface area (Å²) in [5.41, 5.74) is 3.00. The lowest BCUT2D eigenvalue weighted by Crippen LogP contribution is -2.59. The molecule has 27 heavy (non-hydrogen) atoms. The maximum absolute atomic E-state index is 4.73. The summed E-state index contributed by atoms with van der Waals surface area (Å²) >= 11 is 1.58. The summed E-state index contributed by atoms with van der Waals surface area (Å²) in [6.45, 7) is 7.98. The highest BCUT2D eigenvalue weighted by Gasteiger charge is 2.34. The average molecular weight is 385 g/mol. The van der Waals surface area contributed by atoms with E-state index in [0.717, 1.165) is 59.0 Å². The molecular weight excluding hydrogens is 360 g/mol. The van der Waals surface area contributed by atoms with E-state index in [9.17, 15) is 0 Å². The highest BCUT2D eigenvalue weighted by Crippen LogP contribution is 2.29. The topological polar surface area (TPSA) is 75.3 Å². The first-order valence-electron chi connectivity index (χ1n) is 9.09. The normalized spacial score (nSPS) is 14.6. The number of aromatic nitrogens is 6. The van der Waals surface area contributed by atoms with Gasteiger partial charge in [0.1, 0.15) is 11.6 Å². The van der Waals surface area contributed by atoms with Crippen molar-refractivity contribution in [1.82, 2.24) is 29.5 Å². The van der Waals surface area contributed by atoms with E-state index in [1.54, 1.807) is 11.8 Å². The number of aryl methyl sites for hydroxylation is 2. The predicted molar refractivity (Wildman–Crippen MR) is 108 cm³/mol. The summed E-state index contributed by atoms with van der Waals surface area (Å²) in [6.07, 6.45) is 6.61. The first kappa shape index (κ1) is 18.0. The zero-order valence-corrected chi connectivity index (χ0v) is 17.2. The second kappa shape index (κ2) is 6.95. The number of thioether (sulfide) groups is 1. The molecule has 142 valence electrons. The van der Waals surface area contributed by atoms with E-state index in [1.807, 2.05) is 30.0 Å². The molecule has 0 aromatic carbocycles. The Morgan fingerprint density at radius 2 is 2.00 bits per heavy atom. The van der Waals surface area contributed by atoms with Crippen LogP contribution in [0.25, 0.3) is 5.65 Å². The van der Waals surface area contributed by atoms with Crippen LogP contribution >= 0.6 is 11.8 Å². The molecule has 3 aromatic rings. The monoisotopic (exact) mass is 384 g/mol. The highest BCUT2D eigenvalue weighted by molar-refractivity contribution is 7.98. The number of likely N-dealkylation sites (N-methyl/N-ethyl adjacent to an activating group) is 1. The smallest absolute Gasteiger partial charge is 0.203 e. The molecule has 1 saturated heterocycles. The molecule has 0 atom stereocenters. The molecule has 8 nitrogen and oxygen atoms in total. The van der Waals surface area contributed by atoms with E-state index < -0.39 is 0 Å². The lowest BCUT2D eigenvalue weighted by molar-refractivity contribution is 0.488. The number of hydrogen-bond acceptors (Lipinski definition) is 8. The van der Waals surface area contributed by atoms with Gasteiger partial charge in [0, 0.05) is 50.2 Å². The fourth-order valence-electron chi connectivity index (χ4n) is 3.39. The second-order valence-corrected chi connectivity index (χ2v) is 7.60. The molecule has 3 aromatic heterocycles. The van der Waals surface area contributed by atoms with E-state index >= 15 is 0 Å². The maximum Gasteiger partial charge on any atom is 0.203 e. The summed E-state index contributed by atoms with van der Waals surface area (Å²) in [5, 5.41) is 9.43. The van der Waals surface area contributed by atoms with Crippen molar-refractivity contribution in [2.45, 2.75) is 38.4 Å². The number of rotatable bonds is 5. The minimum absolute atomic E-state index is 0.378. The fraction of sp³-hybridized carbons (Fsp3) is 0.500. The van der Waals surface area contributed by atoms with E-state index in [0.29, 0.717) is 6.04 Å². The third-order valence-corrected chi connectivity index (χ3v) is 5.81. The summed E-state index contributed by atoms with van der Waals surface area (Å²) in [6, 6.07) is 0.378. The van der Waals surface area contributed by atoms with E-state index in [-0.39, 0.29) is 0 Å². The Morgan fingerprint density at radius 3 is 2.70 bits per heavy atom. The Hall–Kier alpha value is -2.42. The Morgan fingerprint density at radius 1 is 1.22 bits per heavy atom. The zero-order valence-electron chi connectivity index (χ0n) is 16.3. The third-order valence-electron chi connectivity index (χ3n) is 5.26. The Bertz CT molecular complexity index is 979. The van der Waals surface area contributed by atoms with E-state index in [1.165, 1.54) is 0 Å². The average Bonchev–Trinajstić information content (AvgIpc) is 3.06. The van der Waals surface area contributed by atoms with Crippen LogP contribution in [-0.2, 0) is 6.42 Å². The van der Waals surface area contributed by atoms with Gasteiger partial charge in [0.2, 0.25) is 5.65 Å². The molecule has 9 heteroatoms. The molecule has 4 rings (SSSR count). The van der Waals surface area contributed by atoms with Gasteiger partial charge in [-0.25, -0.2) is 15.0 Å². The van der Waals surface area contributed by atoms with Crippen molar-refractivity contribution < 1.29 is 0 Å². The standard InChI is InChI=1S/C18H24N8S/c1-6-14-22-23-17-16(19-7-8-26(14)17)25-9-13(10-25)24(4)15-11(2)12(3)20-18(21-15)27-5/h7-8,13H,6,9-10H2,1-5H3. The van der Waals surface area contributed by atoms with Gasteiger partial charge in [0.25, 0.3) is 0 Å². The summed E-state index contributed by atoms with van der Waals surface area (Å²) in [7, 11) is 2.11. The van der Waals surface area contributed by atoms with Crippen molar-refractivity contribution in [2.75, 3.05) is 36.2 Å². The lowest BCUT2D eigenvalue weighted by atomic mass is 10.1. The van der Waals surface area contributed by atoms with Gasteiger partial charge in [0.05, 0.1) is 6.04 Å². The Balaban J connectivity index is 1.55. The minimum atomic E-state index is 0.378. The Labute approximate surface area is 163 Å². The van der Waals surface area contributed by atoms with Crippen LogP contribution in [0.2, 0.25) is 0 Å².